The van der Waals surface area contributed by atoms with Gasteiger partial charge in [0.25, 0.3) is 5.91 Å². The molecule has 1 unspecified atom stereocenters. The van der Waals surface area contributed by atoms with Gasteiger partial charge in [-0.2, -0.15) is 0 Å². The molecule has 8 nitrogen and oxygen atoms in total. The highest BCUT2D eigenvalue weighted by Crippen LogP contribution is 2.61. The number of fused-ring (bicyclic) bond motifs is 2. The minimum atomic E-state index is -0.940. The first-order chi connectivity index (χ1) is 20.3. The quantitative estimate of drug-likeness (QED) is 0.474. The van der Waals surface area contributed by atoms with Gasteiger partial charge in [0.2, 0.25) is 11.8 Å². The molecule has 0 saturated carbocycles. The molecular formula is C32H34ClN3O5S. The monoisotopic (exact) mass is 607 g/mol. The van der Waals surface area contributed by atoms with Gasteiger partial charge >= 0.3 is 0 Å². The molecule has 4 heterocycles. The van der Waals surface area contributed by atoms with E-state index in [2.05, 4.69) is 0 Å². The first kappa shape index (κ1) is 28.8. The third-order valence-electron chi connectivity index (χ3n) is 8.63. The summed E-state index contributed by atoms with van der Waals surface area (Å²) in [7, 11) is 0. The standard InChI is InChI=1S/C32H34ClN3O5S/c1-3-41-22-13-11-21(12-14-22)34-16-5-10-24-25(29(34)38)26-30(39)36(18-7-19-37)28-31(40)35(17-6-15-32(26,28)42-24)27-20(2)8-4-9-23(27)33/h4-6,8-15,24-26,28,37H,3,7,16-19H2,1-2H3/t24-,25+,26-,28?,32-/m0/s1. The zero-order chi connectivity index (χ0) is 29.6. The minimum absolute atomic E-state index is 0.113. The summed E-state index contributed by atoms with van der Waals surface area (Å²) in [6.45, 7) is 5.17. The van der Waals surface area contributed by atoms with Gasteiger partial charge in [0.15, 0.2) is 0 Å². The molecule has 0 bridgehead atoms. The number of carbonyl (C=O) groups excluding carboxylic acids is 3. The Hall–Kier alpha value is -3.27. The van der Waals surface area contributed by atoms with Crippen LogP contribution in [0.25, 0.3) is 0 Å². The van der Waals surface area contributed by atoms with Gasteiger partial charge in [-0.1, -0.05) is 48.0 Å². The first-order valence-corrected chi connectivity index (χ1v) is 15.6. The van der Waals surface area contributed by atoms with E-state index in [1.165, 1.54) is 11.8 Å². The molecule has 5 atom stereocenters. The molecule has 2 fully saturated rings. The van der Waals surface area contributed by atoms with E-state index in [9.17, 15) is 19.5 Å². The number of aliphatic hydroxyl groups excluding tert-OH is 1. The molecule has 2 aromatic carbocycles. The van der Waals surface area contributed by atoms with Crippen molar-refractivity contribution in [2.75, 3.05) is 42.6 Å². The van der Waals surface area contributed by atoms with Crippen molar-refractivity contribution in [2.45, 2.75) is 36.3 Å². The number of amides is 3. The summed E-state index contributed by atoms with van der Waals surface area (Å²) in [5, 5.41) is 9.86. The summed E-state index contributed by atoms with van der Waals surface area (Å²) < 4.78 is 4.64. The Bertz CT molecular complexity index is 1440. The molecule has 3 amide bonds. The Labute approximate surface area is 254 Å². The van der Waals surface area contributed by atoms with Gasteiger partial charge in [-0.15, -0.1) is 11.8 Å². The predicted octanol–water partition coefficient (Wildman–Crippen LogP) is 4.23. The van der Waals surface area contributed by atoms with Crippen molar-refractivity contribution in [3.05, 3.63) is 77.4 Å². The van der Waals surface area contributed by atoms with Crippen molar-refractivity contribution >= 4 is 52.5 Å². The van der Waals surface area contributed by atoms with Crippen molar-refractivity contribution in [1.82, 2.24) is 4.90 Å². The number of rotatable bonds is 7. The average Bonchev–Trinajstić information content (AvgIpc) is 3.28. The van der Waals surface area contributed by atoms with Crippen molar-refractivity contribution < 1.29 is 24.2 Å². The maximum atomic E-state index is 14.5. The van der Waals surface area contributed by atoms with E-state index in [0.717, 1.165) is 17.0 Å². The molecule has 2 saturated heterocycles. The second-order valence-electron chi connectivity index (χ2n) is 11.0. The van der Waals surface area contributed by atoms with Crippen LogP contribution in [0.5, 0.6) is 5.75 Å². The van der Waals surface area contributed by atoms with Crippen LogP contribution in [0.2, 0.25) is 5.02 Å². The maximum absolute atomic E-state index is 14.5. The maximum Gasteiger partial charge on any atom is 0.251 e. The number of likely N-dealkylation sites (tertiary alicyclic amines) is 1. The fourth-order valence-corrected chi connectivity index (χ4v) is 9.24. The average molecular weight is 608 g/mol. The third-order valence-corrected chi connectivity index (χ3v) is 10.7. The smallest absolute Gasteiger partial charge is 0.251 e. The Morgan fingerprint density at radius 2 is 1.79 bits per heavy atom. The van der Waals surface area contributed by atoms with E-state index in [-0.39, 0.29) is 36.1 Å². The lowest BCUT2D eigenvalue weighted by Gasteiger charge is -2.35. The van der Waals surface area contributed by atoms with Crippen LogP contribution in [0.3, 0.4) is 0 Å². The summed E-state index contributed by atoms with van der Waals surface area (Å²) in [5.74, 6) is -1.25. The van der Waals surface area contributed by atoms with E-state index >= 15 is 0 Å². The van der Waals surface area contributed by atoms with Crippen LogP contribution >= 0.6 is 23.4 Å². The highest BCUT2D eigenvalue weighted by Gasteiger charge is 2.71. The lowest BCUT2D eigenvalue weighted by atomic mass is 9.78. The topological polar surface area (TPSA) is 90.4 Å². The molecule has 42 heavy (non-hydrogen) atoms. The largest absolute Gasteiger partial charge is 0.494 e. The fourth-order valence-electron chi connectivity index (χ4n) is 6.90. The second-order valence-corrected chi connectivity index (χ2v) is 12.9. The van der Waals surface area contributed by atoms with Gasteiger partial charge < -0.3 is 24.5 Å². The molecule has 220 valence electrons. The van der Waals surface area contributed by atoms with Crippen LogP contribution in [0.4, 0.5) is 11.4 Å². The van der Waals surface area contributed by atoms with Crippen LogP contribution in [0.15, 0.2) is 66.8 Å². The molecule has 1 spiro atoms. The van der Waals surface area contributed by atoms with Crippen molar-refractivity contribution in [2.24, 2.45) is 11.8 Å². The summed E-state index contributed by atoms with van der Waals surface area (Å²) in [6.07, 6.45) is 8.26. The number of hydrogen-bond acceptors (Lipinski definition) is 6. The van der Waals surface area contributed by atoms with Crippen LogP contribution in [-0.2, 0) is 14.4 Å². The highest BCUT2D eigenvalue weighted by atomic mass is 35.5. The SMILES string of the molecule is CCOc1ccc(N2CC=C[C@@H]3S[C@]45C=CCN(c6c(C)cccc6Cl)C(=O)C4N(CCCO)C(=O)[C@@H]5[C@@H]3C2=O)cc1. The van der Waals surface area contributed by atoms with E-state index in [4.69, 9.17) is 16.3 Å². The summed E-state index contributed by atoms with van der Waals surface area (Å²) in [6, 6.07) is 12.1. The van der Waals surface area contributed by atoms with Crippen LogP contribution < -0.4 is 14.5 Å². The number of anilines is 2. The molecular weight excluding hydrogens is 574 g/mol. The van der Waals surface area contributed by atoms with Crippen LogP contribution in [0.1, 0.15) is 18.9 Å². The van der Waals surface area contributed by atoms with Gasteiger partial charge in [-0.05, 0) is 56.2 Å². The number of ether oxygens (including phenoxy) is 1. The number of aliphatic hydroxyl groups is 1. The molecule has 6 rings (SSSR count). The number of thioether (sulfide) groups is 1. The lowest BCUT2D eigenvalue weighted by Crippen LogP contribution is -2.53. The van der Waals surface area contributed by atoms with E-state index in [0.29, 0.717) is 36.8 Å². The molecule has 0 aromatic heterocycles. The molecule has 2 aromatic rings. The number of nitrogens with zero attached hydrogens (tertiary/aromatic N) is 3. The van der Waals surface area contributed by atoms with Crippen molar-refractivity contribution in [1.29, 1.82) is 0 Å². The van der Waals surface area contributed by atoms with Gasteiger partial charge in [-0.25, -0.2) is 0 Å². The number of para-hydroxylation sites is 1. The summed E-state index contributed by atoms with van der Waals surface area (Å²) in [4.78, 5) is 48.2. The van der Waals surface area contributed by atoms with Crippen LogP contribution in [0, 0.1) is 18.8 Å². The van der Waals surface area contributed by atoms with Gasteiger partial charge in [0.1, 0.15) is 11.8 Å². The Balaban J connectivity index is 1.41. The first-order valence-electron chi connectivity index (χ1n) is 14.4. The molecule has 0 aliphatic carbocycles. The Kier molecular flexibility index (Phi) is 7.85. The normalized spacial score (nSPS) is 28.5. The van der Waals surface area contributed by atoms with Gasteiger partial charge in [0, 0.05) is 37.2 Å². The number of benzene rings is 2. The number of halogens is 1. The highest BCUT2D eigenvalue weighted by molar-refractivity contribution is 8.02. The van der Waals surface area contributed by atoms with Crippen molar-refractivity contribution in [3.63, 3.8) is 0 Å². The molecule has 0 radical (unpaired) electrons. The summed E-state index contributed by atoms with van der Waals surface area (Å²) >= 11 is 8.15. The predicted molar refractivity (Wildman–Crippen MR) is 165 cm³/mol. The van der Waals surface area contributed by atoms with E-state index in [1.54, 1.807) is 20.8 Å². The fraction of sp³-hybridized carbons (Fsp3) is 0.406. The lowest BCUT2D eigenvalue weighted by molar-refractivity contribution is -0.138. The van der Waals surface area contributed by atoms with Gasteiger partial charge in [-0.3, -0.25) is 14.4 Å². The molecule has 4 aliphatic rings. The number of aryl methyl sites for hydroxylation is 1. The van der Waals surface area contributed by atoms with E-state index < -0.39 is 22.6 Å². The molecule has 10 heteroatoms. The minimum Gasteiger partial charge on any atom is -0.494 e. The zero-order valence-electron chi connectivity index (χ0n) is 23.6. The Morgan fingerprint density at radius 3 is 2.50 bits per heavy atom. The summed E-state index contributed by atoms with van der Waals surface area (Å²) in [5.41, 5.74) is 2.21. The molecule has 4 aliphatic heterocycles. The zero-order valence-corrected chi connectivity index (χ0v) is 25.2. The molecule has 1 N–H and O–H groups in total. The Morgan fingerprint density at radius 1 is 1.02 bits per heavy atom. The number of hydrogen-bond donors (Lipinski definition) is 1. The van der Waals surface area contributed by atoms with Gasteiger partial charge in [0.05, 0.1) is 33.9 Å². The third kappa shape index (κ3) is 4.53. The number of carbonyl (C=O) groups is 3. The van der Waals surface area contributed by atoms with E-state index in [1.807, 2.05) is 74.5 Å². The second kappa shape index (κ2) is 11.4. The van der Waals surface area contributed by atoms with Crippen molar-refractivity contribution in [3.8, 4) is 5.75 Å². The van der Waals surface area contributed by atoms with Crippen LogP contribution in [-0.4, -0.2) is 76.6 Å².